The predicted octanol–water partition coefficient (Wildman–Crippen LogP) is 1.93. The molecule has 2 atom stereocenters. The minimum absolute atomic E-state index is 0.0328. The van der Waals surface area contributed by atoms with Crippen LogP contribution in [0.25, 0.3) is 11.3 Å². The van der Waals surface area contributed by atoms with Gasteiger partial charge in [-0.05, 0) is 36.8 Å². The maximum atomic E-state index is 12.4. The van der Waals surface area contributed by atoms with Crippen molar-refractivity contribution in [2.45, 2.75) is 25.0 Å². The first-order valence-electron chi connectivity index (χ1n) is 9.44. The van der Waals surface area contributed by atoms with Crippen molar-refractivity contribution < 1.29 is 23.2 Å². The Balaban J connectivity index is 1.18. The monoisotopic (exact) mass is 396 g/mol. The van der Waals surface area contributed by atoms with E-state index < -0.39 is 0 Å². The van der Waals surface area contributed by atoms with Crippen molar-refractivity contribution in [3.05, 3.63) is 54.1 Å². The van der Waals surface area contributed by atoms with Crippen molar-refractivity contribution >= 4 is 5.91 Å². The second kappa shape index (κ2) is 7.61. The Morgan fingerprint density at radius 3 is 2.90 bits per heavy atom. The molecule has 1 fully saturated rings. The average Bonchev–Trinajstić information content (AvgIpc) is 3.52. The van der Waals surface area contributed by atoms with E-state index in [0.29, 0.717) is 36.8 Å². The zero-order chi connectivity index (χ0) is 19.6. The number of fused-ring (bicyclic) bond motifs is 1. The van der Waals surface area contributed by atoms with Crippen LogP contribution >= 0.6 is 0 Å². The molecule has 2 aliphatic heterocycles. The van der Waals surface area contributed by atoms with Gasteiger partial charge in [0.1, 0.15) is 30.7 Å². The molecule has 2 unspecified atom stereocenters. The summed E-state index contributed by atoms with van der Waals surface area (Å²) in [6.45, 7) is 1.34. The van der Waals surface area contributed by atoms with Gasteiger partial charge >= 0.3 is 0 Å². The number of carbonyl (C=O) groups is 1. The molecule has 4 heterocycles. The third kappa shape index (κ3) is 3.69. The van der Waals surface area contributed by atoms with Gasteiger partial charge in [0.25, 0.3) is 0 Å². The van der Waals surface area contributed by atoms with Crippen LogP contribution in [-0.4, -0.2) is 30.3 Å². The molecule has 1 aromatic carbocycles. The van der Waals surface area contributed by atoms with Gasteiger partial charge in [-0.2, -0.15) is 0 Å². The standard InChI is InChI=1S/C20H20N4O5/c25-20(15-10-14(22-23-15)16-2-1-5-26-16)21-11-13-9-18(29-24-13)12-3-4-17-19(8-12)28-7-6-27-17/h1-5,8-9,14-15,22-23H,6-7,10-11H2,(H,21,25). The van der Waals surface area contributed by atoms with Gasteiger partial charge in [0.15, 0.2) is 17.3 Å². The molecular weight excluding hydrogens is 376 g/mol. The summed E-state index contributed by atoms with van der Waals surface area (Å²) < 4.78 is 21.9. The molecule has 150 valence electrons. The number of aromatic nitrogens is 1. The number of ether oxygens (including phenoxy) is 2. The average molecular weight is 396 g/mol. The molecule has 9 nitrogen and oxygen atoms in total. The Morgan fingerprint density at radius 1 is 1.14 bits per heavy atom. The topological polar surface area (TPSA) is 111 Å². The molecular formula is C20H20N4O5. The van der Waals surface area contributed by atoms with E-state index in [2.05, 4.69) is 21.3 Å². The fraction of sp³-hybridized carbons (Fsp3) is 0.300. The van der Waals surface area contributed by atoms with Crippen molar-refractivity contribution in [2.24, 2.45) is 0 Å². The third-order valence-corrected chi connectivity index (χ3v) is 4.94. The van der Waals surface area contributed by atoms with Crippen molar-refractivity contribution in [1.29, 1.82) is 0 Å². The Bertz CT molecular complexity index is 1000. The smallest absolute Gasteiger partial charge is 0.238 e. The third-order valence-electron chi connectivity index (χ3n) is 4.94. The number of nitrogens with one attached hydrogen (secondary N) is 3. The molecule has 0 bridgehead atoms. The fourth-order valence-electron chi connectivity index (χ4n) is 3.43. The summed E-state index contributed by atoms with van der Waals surface area (Å²) in [7, 11) is 0. The number of hydrogen-bond acceptors (Lipinski definition) is 8. The second-order valence-electron chi connectivity index (χ2n) is 6.90. The van der Waals surface area contributed by atoms with Crippen LogP contribution in [0.4, 0.5) is 0 Å². The highest BCUT2D eigenvalue weighted by atomic mass is 16.6. The molecule has 0 aliphatic carbocycles. The van der Waals surface area contributed by atoms with Crippen molar-refractivity contribution in [1.82, 2.24) is 21.3 Å². The Labute approximate surface area is 166 Å². The number of nitrogens with zero attached hydrogens (tertiary/aromatic N) is 1. The van der Waals surface area contributed by atoms with Crippen LogP contribution in [0.3, 0.4) is 0 Å². The van der Waals surface area contributed by atoms with E-state index in [4.69, 9.17) is 18.4 Å². The van der Waals surface area contributed by atoms with Gasteiger partial charge in [-0.1, -0.05) is 5.16 Å². The van der Waals surface area contributed by atoms with Gasteiger partial charge < -0.3 is 23.7 Å². The quantitative estimate of drug-likeness (QED) is 0.600. The maximum absolute atomic E-state index is 12.4. The summed E-state index contributed by atoms with van der Waals surface area (Å²) in [5, 5.41) is 6.93. The number of hydrogen-bond donors (Lipinski definition) is 3. The van der Waals surface area contributed by atoms with Crippen molar-refractivity contribution in [3.8, 4) is 22.8 Å². The highest BCUT2D eigenvalue weighted by molar-refractivity contribution is 5.82. The number of rotatable bonds is 5. The first-order chi connectivity index (χ1) is 14.3. The Morgan fingerprint density at radius 2 is 2.03 bits per heavy atom. The summed E-state index contributed by atoms with van der Waals surface area (Å²) in [4.78, 5) is 12.4. The predicted molar refractivity (Wildman–Crippen MR) is 101 cm³/mol. The second-order valence-corrected chi connectivity index (χ2v) is 6.90. The van der Waals surface area contributed by atoms with Crippen LogP contribution in [-0.2, 0) is 11.3 Å². The van der Waals surface area contributed by atoms with Crippen LogP contribution in [0.5, 0.6) is 11.5 Å². The zero-order valence-corrected chi connectivity index (χ0v) is 15.5. The molecule has 29 heavy (non-hydrogen) atoms. The normalized spacial score (nSPS) is 20.6. The summed E-state index contributed by atoms with van der Waals surface area (Å²) in [5.74, 6) is 2.69. The first kappa shape index (κ1) is 17.8. The Kier molecular flexibility index (Phi) is 4.66. The molecule has 0 saturated carbocycles. The molecule has 9 heteroatoms. The lowest BCUT2D eigenvalue weighted by molar-refractivity contribution is -0.123. The fourth-order valence-corrected chi connectivity index (χ4v) is 3.43. The lowest BCUT2D eigenvalue weighted by Gasteiger charge is -2.18. The van der Waals surface area contributed by atoms with E-state index in [1.807, 2.05) is 30.3 Å². The molecule has 2 aliphatic rings. The number of carbonyl (C=O) groups excluding carboxylic acids is 1. The van der Waals surface area contributed by atoms with E-state index in [9.17, 15) is 4.79 Å². The highest BCUT2D eigenvalue weighted by Gasteiger charge is 2.31. The Hall–Kier alpha value is -3.30. The number of hydrazine groups is 1. The molecule has 1 amide bonds. The van der Waals surface area contributed by atoms with E-state index in [-0.39, 0.29) is 24.5 Å². The lowest BCUT2D eigenvalue weighted by atomic mass is 10.1. The zero-order valence-electron chi connectivity index (χ0n) is 15.5. The number of furan rings is 1. The largest absolute Gasteiger partial charge is 0.486 e. The van der Waals surface area contributed by atoms with Crippen LogP contribution in [0.15, 0.2) is 51.6 Å². The summed E-state index contributed by atoms with van der Waals surface area (Å²) >= 11 is 0. The lowest BCUT2D eigenvalue weighted by Crippen LogP contribution is -2.42. The van der Waals surface area contributed by atoms with Crippen LogP contribution in [0.1, 0.15) is 23.9 Å². The van der Waals surface area contributed by atoms with E-state index in [0.717, 1.165) is 17.1 Å². The molecule has 3 aromatic rings. The van der Waals surface area contributed by atoms with Gasteiger partial charge in [0.05, 0.1) is 18.8 Å². The minimum Gasteiger partial charge on any atom is -0.486 e. The van der Waals surface area contributed by atoms with Gasteiger partial charge in [-0.3, -0.25) is 4.79 Å². The van der Waals surface area contributed by atoms with Crippen LogP contribution in [0, 0.1) is 0 Å². The van der Waals surface area contributed by atoms with Gasteiger partial charge in [0.2, 0.25) is 5.91 Å². The van der Waals surface area contributed by atoms with E-state index >= 15 is 0 Å². The maximum Gasteiger partial charge on any atom is 0.238 e. The number of amides is 1. The van der Waals surface area contributed by atoms with Gasteiger partial charge in [-0.15, -0.1) is 0 Å². The minimum atomic E-state index is -0.353. The van der Waals surface area contributed by atoms with E-state index in [1.54, 1.807) is 12.3 Å². The first-order valence-corrected chi connectivity index (χ1v) is 9.44. The van der Waals surface area contributed by atoms with Crippen LogP contribution < -0.4 is 25.6 Å². The van der Waals surface area contributed by atoms with Crippen molar-refractivity contribution in [3.63, 3.8) is 0 Å². The van der Waals surface area contributed by atoms with Crippen LogP contribution in [0.2, 0.25) is 0 Å². The number of benzene rings is 1. The molecule has 0 spiro atoms. The SMILES string of the molecule is O=C(NCc1cc(-c2ccc3c(c2)OCCO3)on1)C1CC(c2ccco2)NN1. The molecule has 3 N–H and O–H groups in total. The van der Waals surface area contributed by atoms with E-state index in [1.165, 1.54) is 0 Å². The molecule has 1 saturated heterocycles. The highest BCUT2D eigenvalue weighted by Crippen LogP contribution is 2.34. The molecule has 2 aromatic heterocycles. The van der Waals surface area contributed by atoms with Gasteiger partial charge in [-0.25, -0.2) is 10.9 Å². The van der Waals surface area contributed by atoms with Gasteiger partial charge in [0, 0.05) is 11.6 Å². The summed E-state index contributed by atoms with van der Waals surface area (Å²) in [6, 6.07) is 10.7. The summed E-state index contributed by atoms with van der Waals surface area (Å²) in [5.41, 5.74) is 7.55. The van der Waals surface area contributed by atoms with Crippen molar-refractivity contribution in [2.75, 3.05) is 13.2 Å². The summed E-state index contributed by atoms with van der Waals surface area (Å²) in [6.07, 6.45) is 2.22. The molecule has 0 radical (unpaired) electrons. The molecule has 5 rings (SSSR count).